The van der Waals surface area contributed by atoms with Gasteiger partial charge in [-0.2, -0.15) is 4.98 Å². The maximum absolute atomic E-state index is 11.8. The third kappa shape index (κ3) is 4.94. The van der Waals surface area contributed by atoms with Gasteiger partial charge in [-0.3, -0.25) is 4.79 Å². The highest BCUT2D eigenvalue weighted by Gasteiger charge is 2.11. The first kappa shape index (κ1) is 18.6. The molecule has 6 heteroatoms. The summed E-state index contributed by atoms with van der Waals surface area (Å²) in [4.78, 5) is 16.2. The fraction of sp³-hybridized carbons (Fsp3) is 0.286. The summed E-state index contributed by atoms with van der Waals surface area (Å²) in [7, 11) is 0. The van der Waals surface area contributed by atoms with E-state index in [9.17, 15) is 4.79 Å². The van der Waals surface area contributed by atoms with Crippen LogP contribution >= 0.6 is 0 Å². The average Bonchev–Trinajstić information content (AvgIpc) is 3.17. The molecule has 0 aliphatic heterocycles. The lowest BCUT2D eigenvalue weighted by Crippen LogP contribution is -2.35. The van der Waals surface area contributed by atoms with E-state index in [1.807, 2.05) is 57.2 Å². The summed E-state index contributed by atoms with van der Waals surface area (Å²) in [6, 6.07) is 15.3. The molecule has 0 bridgehead atoms. The highest BCUT2D eigenvalue weighted by atomic mass is 16.5. The number of ether oxygens (including phenoxy) is 1. The van der Waals surface area contributed by atoms with Crippen LogP contribution in [0.5, 0.6) is 5.75 Å². The largest absolute Gasteiger partial charge is 0.484 e. The van der Waals surface area contributed by atoms with Crippen molar-refractivity contribution < 1.29 is 14.1 Å². The molecule has 0 unspecified atom stereocenters. The Bertz CT molecular complexity index is 886. The van der Waals surface area contributed by atoms with Crippen LogP contribution < -0.4 is 10.1 Å². The van der Waals surface area contributed by atoms with E-state index in [4.69, 9.17) is 9.26 Å². The molecule has 2 aromatic carbocycles. The van der Waals surface area contributed by atoms with Gasteiger partial charge in [0.1, 0.15) is 5.75 Å². The van der Waals surface area contributed by atoms with Crippen molar-refractivity contribution in [3.63, 3.8) is 0 Å². The zero-order chi connectivity index (χ0) is 19.2. The van der Waals surface area contributed by atoms with Crippen molar-refractivity contribution in [2.24, 2.45) is 0 Å². The van der Waals surface area contributed by atoms with Crippen LogP contribution in [0.3, 0.4) is 0 Å². The topological polar surface area (TPSA) is 77.2 Å². The van der Waals surface area contributed by atoms with Gasteiger partial charge >= 0.3 is 0 Å². The van der Waals surface area contributed by atoms with Gasteiger partial charge in [-0.1, -0.05) is 41.9 Å². The molecular weight excluding hydrogens is 342 g/mol. The molecule has 1 atom stereocenters. The van der Waals surface area contributed by atoms with Crippen molar-refractivity contribution in [1.82, 2.24) is 15.5 Å². The van der Waals surface area contributed by atoms with Crippen LogP contribution in [0.15, 0.2) is 53.1 Å². The van der Waals surface area contributed by atoms with Crippen LogP contribution in [0, 0.1) is 6.92 Å². The minimum absolute atomic E-state index is 0.0121. The number of hydrogen-bond donors (Lipinski definition) is 1. The molecular formula is C21H23N3O3. The molecule has 0 spiro atoms. The van der Waals surface area contributed by atoms with E-state index in [0.29, 0.717) is 17.5 Å². The number of carbonyl (C=O) groups excluding carboxylic acids is 1. The van der Waals surface area contributed by atoms with Gasteiger partial charge in [-0.15, -0.1) is 0 Å². The summed E-state index contributed by atoms with van der Waals surface area (Å²) in [5, 5.41) is 6.90. The summed E-state index contributed by atoms with van der Waals surface area (Å²) in [6.07, 6.45) is 0.884. The zero-order valence-corrected chi connectivity index (χ0v) is 15.7. The number of aryl methyl sites for hydroxylation is 1. The minimum Gasteiger partial charge on any atom is -0.484 e. The van der Waals surface area contributed by atoms with E-state index in [0.717, 1.165) is 17.5 Å². The van der Waals surface area contributed by atoms with Crippen LogP contribution in [0.1, 0.15) is 25.8 Å². The number of aromatic nitrogens is 2. The second-order valence-electron chi connectivity index (χ2n) is 6.48. The van der Waals surface area contributed by atoms with Crippen LogP contribution in [0.4, 0.5) is 0 Å². The van der Waals surface area contributed by atoms with E-state index in [1.165, 1.54) is 5.56 Å². The monoisotopic (exact) mass is 365 g/mol. The van der Waals surface area contributed by atoms with Crippen molar-refractivity contribution in [3.05, 3.63) is 54.1 Å². The van der Waals surface area contributed by atoms with Crippen LogP contribution in [0.25, 0.3) is 22.8 Å². The molecule has 3 rings (SSSR count). The molecule has 3 aromatic rings. The Hall–Kier alpha value is -3.15. The standard InChI is InChI=1S/C21H23N3O3/c1-4-15(3)22-19(25)13-26-18-11-9-17(10-12-18)21-23-20(24-27-21)16-7-5-14(2)6-8-16/h5-12,15H,4,13H2,1-3H3,(H,22,25)/t15-/m1/s1. The third-order valence-corrected chi connectivity index (χ3v) is 4.23. The summed E-state index contributed by atoms with van der Waals surface area (Å²) < 4.78 is 10.9. The highest BCUT2D eigenvalue weighted by Crippen LogP contribution is 2.24. The Morgan fingerprint density at radius 1 is 1.11 bits per heavy atom. The second kappa shape index (κ2) is 8.49. The highest BCUT2D eigenvalue weighted by molar-refractivity contribution is 5.77. The normalized spacial score (nSPS) is 11.8. The molecule has 1 N–H and O–H groups in total. The molecule has 0 radical (unpaired) electrons. The number of hydrogen-bond acceptors (Lipinski definition) is 5. The Morgan fingerprint density at radius 2 is 1.78 bits per heavy atom. The summed E-state index contributed by atoms with van der Waals surface area (Å²) in [5.74, 6) is 1.46. The van der Waals surface area contributed by atoms with Crippen LogP contribution in [-0.4, -0.2) is 28.7 Å². The maximum atomic E-state index is 11.8. The van der Waals surface area contributed by atoms with E-state index < -0.39 is 0 Å². The maximum Gasteiger partial charge on any atom is 0.258 e. The van der Waals surface area contributed by atoms with E-state index in [2.05, 4.69) is 15.5 Å². The number of rotatable bonds is 7. The van der Waals surface area contributed by atoms with Gasteiger partial charge in [0, 0.05) is 17.2 Å². The first-order valence-electron chi connectivity index (χ1n) is 8.98. The third-order valence-electron chi connectivity index (χ3n) is 4.23. The van der Waals surface area contributed by atoms with Gasteiger partial charge in [0.25, 0.3) is 11.8 Å². The van der Waals surface area contributed by atoms with Gasteiger partial charge < -0.3 is 14.6 Å². The minimum atomic E-state index is -0.131. The predicted molar refractivity (Wildman–Crippen MR) is 103 cm³/mol. The molecule has 0 aliphatic carbocycles. The lowest BCUT2D eigenvalue weighted by molar-refractivity contribution is -0.123. The molecule has 0 saturated carbocycles. The van der Waals surface area contributed by atoms with Gasteiger partial charge in [-0.25, -0.2) is 0 Å². The van der Waals surface area contributed by atoms with Gasteiger partial charge in [0.2, 0.25) is 5.82 Å². The molecule has 0 aliphatic rings. The van der Waals surface area contributed by atoms with E-state index in [1.54, 1.807) is 12.1 Å². The van der Waals surface area contributed by atoms with Crippen molar-refractivity contribution in [2.75, 3.05) is 6.61 Å². The molecule has 0 fully saturated rings. The SMILES string of the molecule is CC[C@@H](C)NC(=O)COc1ccc(-c2nc(-c3ccc(C)cc3)no2)cc1. The molecule has 6 nitrogen and oxygen atoms in total. The van der Waals surface area contributed by atoms with Crippen LogP contribution in [-0.2, 0) is 4.79 Å². The molecule has 27 heavy (non-hydrogen) atoms. The second-order valence-corrected chi connectivity index (χ2v) is 6.48. The number of amides is 1. The smallest absolute Gasteiger partial charge is 0.258 e. The number of carbonyl (C=O) groups is 1. The fourth-order valence-corrected chi connectivity index (χ4v) is 2.42. The first-order valence-corrected chi connectivity index (χ1v) is 8.98. The Labute approximate surface area is 158 Å². The van der Waals surface area contributed by atoms with Crippen molar-refractivity contribution in [1.29, 1.82) is 0 Å². The van der Waals surface area contributed by atoms with Crippen molar-refractivity contribution in [3.8, 4) is 28.6 Å². The lowest BCUT2D eigenvalue weighted by Gasteiger charge is -2.12. The Kier molecular flexibility index (Phi) is 5.86. The molecule has 140 valence electrons. The van der Waals surface area contributed by atoms with Crippen LogP contribution in [0.2, 0.25) is 0 Å². The molecule has 1 amide bonds. The van der Waals surface area contributed by atoms with Gasteiger partial charge in [0.05, 0.1) is 0 Å². The van der Waals surface area contributed by atoms with E-state index in [-0.39, 0.29) is 18.6 Å². The first-order chi connectivity index (χ1) is 13.0. The zero-order valence-electron chi connectivity index (χ0n) is 15.7. The van der Waals surface area contributed by atoms with Gasteiger partial charge in [-0.05, 0) is 44.5 Å². The summed E-state index contributed by atoms with van der Waals surface area (Å²) in [5.41, 5.74) is 2.87. The molecule has 0 saturated heterocycles. The number of benzene rings is 2. The molecule has 1 heterocycles. The lowest BCUT2D eigenvalue weighted by atomic mass is 10.1. The molecule has 1 aromatic heterocycles. The summed E-state index contributed by atoms with van der Waals surface area (Å²) >= 11 is 0. The summed E-state index contributed by atoms with van der Waals surface area (Å²) in [6.45, 7) is 6.00. The number of nitrogens with one attached hydrogen (secondary N) is 1. The Balaban J connectivity index is 1.62. The average molecular weight is 365 g/mol. The quantitative estimate of drug-likeness (QED) is 0.685. The van der Waals surface area contributed by atoms with Crippen molar-refractivity contribution >= 4 is 5.91 Å². The van der Waals surface area contributed by atoms with E-state index >= 15 is 0 Å². The van der Waals surface area contributed by atoms with Crippen molar-refractivity contribution in [2.45, 2.75) is 33.2 Å². The Morgan fingerprint density at radius 3 is 2.44 bits per heavy atom. The number of nitrogens with zero attached hydrogens (tertiary/aromatic N) is 2. The van der Waals surface area contributed by atoms with Gasteiger partial charge in [0.15, 0.2) is 6.61 Å². The fourth-order valence-electron chi connectivity index (χ4n) is 2.42. The predicted octanol–water partition coefficient (Wildman–Crippen LogP) is 4.01.